The first-order valence-corrected chi connectivity index (χ1v) is 9.27. The molecule has 1 saturated carbocycles. The minimum absolute atomic E-state index is 0.396. The highest BCUT2D eigenvalue weighted by atomic mass is 16.5. The fraction of sp³-hybridized carbons (Fsp3) is 0.700. The van der Waals surface area contributed by atoms with Crippen molar-refractivity contribution in [3.05, 3.63) is 29.8 Å². The maximum absolute atomic E-state index is 6.25. The first-order chi connectivity index (χ1) is 10.8. The molecular weight excluding hydrogens is 270 g/mol. The van der Waals surface area contributed by atoms with Gasteiger partial charge in [-0.05, 0) is 49.3 Å². The molecule has 1 aliphatic carbocycles. The summed E-state index contributed by atoms with van der Waals surface area (Å²) in [4.78, 5) is 0. The van der Waals surface area contributed by atoms with Gasteiger partial charge >= 0.3 is 0 Å². The highest BCUT2D eigenvalue weighted by Crippen LogP contribution is 2.26. The fourth-order valence-electron chi connectivity index (χ4n) is 3.41. The largest absolute Gasteiger partial charge is 0.494 e. The molecule has 0 heterocycles. The number of rotatable bonds is 9. The lowest BCUT2D eigenvalue weighted by Crippen LogP contribution is -2.34. The highest BCUT2D eigenvalue weighted by Gasteiger charge is 2.21. The summed E-state index contributed by atoms with van der Waals surface area (Å²) in [6, 6.07) is 9.07. The van der Waals surface area contributed by atoms with Crippen LogP contribution in [0.1, 0.15) is 70.3 Å². The van der Waals surface area contributed by atoms with Gasteiger partial charge in [0.05, 0.1) is 6.61 Å². The number of hydrogen-bond acceptors (Lipinski definition) is 2. The van der Waals surface area contributed by atoms with E-state index in [2.05, 4.69) is 31.2 Å². The van der Waals surface area contributed by atoms with Gasteiger partial charge in [-0.1, -0.05) is 57.6 Å². The van der Waals surface area contributed by atoms with E-state index < -0.39 is 0 Å². The van der Waals surface area contributed by atoms with Gasteiger partial charge < -0.3 is 10.5 Å². The molecule has 22 heavy (non-hydrogen) atoms. The fourth-order valence-corrected chi connectivity index (χ4v) is 3.41. The summed E-state index contributed by atoms with van der Waals surface area (Å²) in [5.41, 5.74) is 7.65. The average molecular weight is 303 g/mol. The summed E-state index contributed by atoms with van der Waals surface area (Å²) in [5, 5.41) is 0. The molecule has 0 spiro atoms. The zero-order chi connectivity index (χ0) is 15.6. The third-order valence-corrected chi connectivity index (χ3v) is 4.91. The van der Waals surface area contributed by atoms with E-state index in [4.69, 9.17) is 10.5 Å². The minimum atomic E-state index is 0.396. The molecule has 1 aliphatic rings. The molecule has 2 heteroatoms. The summed E-state index contributed by atoms with van der Waals surface area (Å²) < 4.78 is 5.83. The summed E-state index contributed by atoms with van der Waals surface area (Å²) in [6.07, 6.45) is 12.7. The van der Waals surface area contributed by atoms with Crippen molar-refractivity contribution >= 4 is 0 Å². The van der Waals surface area contributed by atoms with Crippen LogP contribution in [0, 0.1) is 5.92 Å². The molecule has 0 radical (unpaired) electrons. The van der Waals surface area contributed by atoms with Crippen LogP contribution in [-0.4, -0.2) is 12.6 Å². The van der Waals surface area contributed by atoms with Crippen LogP contribution < -0.4 is 10.5 Å². The van der Waals surface area contributed by atoms with Gasteiger partial charge in [0.15, 0.2) is 0 Å². The second-order valence-corrected chi connectivity index (χ2v) is 6.82. The Kier molecular flexibility index (Phi) is 7.79. The van der Waals surface area contributed by atoms with Gasteiger partial charge in [-0.15, -0.1) is 0 Å². The Morgan fingerprint density at radius 2 is 1.73 bits per heavy atom. The molecule has 2 nitrogen and oxygen atoms in total. The number of ether oxygens (including phenoxy) is 1. The first kappa shape index (κ1) is 17.3. The van der Waals surface area contributed by atoms with Crippen LogP contribution in [0.15, 0.2) is 24.3 Å². The Balaban J connectivity index is 1.68. The molecule has 0 amide bonds. The maximum atomic E-state index is 6.25. The van der Waals surface area contributed by atoms with Crippen LogP contribution in [0.5, 0.6) is 5.75 Å². The molecule has 2 atom stereocenters. The van der Waals surface area contributed by atoms with Crippen molar-refractivity contribution in [2.45, 2.75) is 77.2 Å². The standard InChI is InChI=1S/C20H33NO/c1-2-3-4-5-8-15-22-19-13-11-17(12-14-19)16-18-9-6-7-10-20(18)21/h11-14,18,20H,2-10,15-16,21H2,1H3/t18-,20?/m0/s1. The Hall–Kier alpha value is -1.02. The van der Waals surface area contributed by atoms with Crippen molar-refractivity contribution in [3.8, 4) is 5.75 Å². The average Bonchev–Trinajstić information content (AvgIpc) is 2.54. The van der Waals surface area contributed by atoms with E-state index in [1.807, 2.05) is 0 Å². The van der Waals surface area contributed by atoms with Crippen LogP contribution in [0.25, 0.3) is 0 Å². The zero-order valence-electron chi connectivity index (χ0n) is 14.2. The van der Waals surface area contributed by atoms with Crippen molar-refractivity contribution in [1.29, 1.82) is 0 Å². The summed E-state index contributed by atoms with van der Waals surface area (Å²) >= 11 is 0. The molecule has 0 aromatic heterocycles. The van der Waals surface area contributed by atoms with Crippen LogP contribution in [0.3, 0.4) is 0 Å². The quantitative estimate of drug-likeness (QED) is 0.644. The highest BCUT2D eigenvalue weighted by molar-refractivity contribution is 5.27. The van der Waals surface area contributed by atoms with Gasteiger partial charge in [0.2, 0.25) is 0 Å². The molecule has 0 saturated heterocycles. The lowest BCUT2D eigenvalue weighted by atomic mass is 9.81. The molecule has 1 aromatic carbocycles. The van der Waals surface area contributed by atoms with Crippen LogP contribution in [0.2, 0.25) is 0 Å². The van der Waals surface area contributed by atoms with Gasteiger partial charge in [-0.25, -0.2) is 0 Å². The normalized spacial score (nSPS) is 21.7. The second kappa shape index (κ2) is 9.89. The van der Waals surface area contributed by atoms with Gasteiger partial charge in [0, 0.05) is 6.04 Å². The van der Waals surface area contributed by atoms with Crippen molar-refractivity contribution in [2.75, 3.05) is 6.61 Å². The van der Waals surface area contributed by atoms with Gasteiger partial charge in [-0.2, -0.15) is 0 Å². The monoisotopic (exact) mass is 303 g/mol. The van der Waals surface area contributed by atoms with E-state index in [9.17, 15) is 0 Å². The number of unbranched alkanes of at least 4 members (excludes halogenated alkanes) is 4. The van der Waals surface area contributed by atoms with Crippen molar-refractivity contribution in [1.82, 2.24) is 0 Å². The molecule has 124 valence electrons. The Morgan fingerprint density at radius 1 is 1.00 bits per heavy atom. The third kappa shape index (κ3) is 6.00. The Bertz CT molecular complexity index is 401. The number of nitrogens with two attached hydrogens (primary N) is 1. The summed E-state index contributed by atoms with van der Waals surface area (Å²) in [7, 11) is 0. The molecule has 1 aromatic rings. The van der Waals surface area contributed by atoms with Crippen LogP contribution in [0.4, 0.5) is 0 Å². The summed E-state index contributed by atoms with van der Waals surface area (Å²) in [5.74, 6) is 1.67. The number of benzene rings is 1. The van der Waals surface area contributed by atoms with E-state index >= 15 is 0 Å². The lowest BCUT2D eigenvalue weighted by molar-refractivity contribution is 0.302. The lowest BCUT2D eigenvalue weighted by Gasteiger charge is -2.28. The van der Waals surface area contributed by atoms with E-state index in [-0.39, 0.29) is 0 Å². The second-order valence-electron chi connectivity index (χ2n) is 6.82. The minimum Gasteiger partial charge on any atom is -0.494 e. The Morgan fingerprint density at radius 3 is 2.45 bits per heavy atom. The molecule has 1 fully saturated rings. The van der Waals surface area contributed by atoms with Gasteiger partial charge in [-0.3, -0.25) is 0 Å². The van der Waals surface area contributed by atoms with E-state index in [1.54, 1.807) is 0 Å². The topological polar surface area (TPSA) is 35.2 Å². The molecule has 0 bridgehead atoms. The van der Waals surface area contributed by atoms with Gasteiger partial charge in [0.25, 0.3) is 0 Å². The van der Waals surface area contributed by atoms with E-state index in [0.29, 0.717) is 12.0 Å². The van der Waals surface area contributed by atoms with Crippen molar-refractivity contribution in [3.63, 3.8) is 0 Å². The van der Waals surface area contributed by atoms with E-state index in [1.165, 1.54) is 63.4 Å². The van der Waals surface area contributed by atoms with Crippen molar-refractivity contribution in [2.24, 2.45) is 11.7 Å². The predicted molar refractivity (Wildman–Crippen MR) is 94.3 cm³/mol. The maximum Gasteiger partial charge on any atom is 0.119 e. The molecule has 2 N–H and O–H groups in total. The molecular formula is C20H33NO. The third-order valence-electron chi connectivity index (χ3n) is 4.91. The van der Waals surface area contributed by atoms with E-state index in [0.717, 1.165) is 18.8 Å². The molecule has 2 rings (SSSR count). The molecule has 1 unspecified atom stereocenters. The summed E-state index contributed by atoms with van der Waals surface area (Å²) in [6.45, 7) is 3.09. The Labute approximate surface area is 136 Å². The first-order valence-electron chi connectivity index (χ1n) is 9.27. The van der Waals surface area contributed by atoms with Crippen molar-refractivity contribution < 1.29 is 4.74 Å². The van der Waals surface area contributed by atoms with Crippen LogP contribution in [-0.2, 0) is 6.42 Å². The SMILES string of the molecule is CCCCCCCOc1ccc(C[C@@H]2CCCCC2N)cc1. The number of hydrogen-bond donors (Lipinski definition) is 1. The zero-order valence-corrected chi connectivity index (χ0v) is 14.2. The van der Waals surface area contributed by atoms with Crippen LogP contribution >= 0.6 is 0 Å². The predicted octanol–water partition coefficient (Wildman–Crippen LogP) is 5.10. The smallest absolute Gasteiger partial charge is 0.119 e. The molecule has 0 aliphatic heterocycles. The van der Waals surface area contributed by atoms with Gasteiger partial charge in [0.1, 0.15) is 5.75 Å².